The van der Waals surface area contributed by atoms with Gasteiger partial charge in [-0.3, -0.25) is 0 Å². The van der Waals surface area contributed by atoms with Crippen LogP contribution in [0.3, 0.4) is 0 Å². The van der Waals surface area contributed by atoms with Crippen molar-refractivity contribution in [2.24, 2.45) is 11.7 Å². The Morgan fingerprint density at radius 3 is 2.60 bits per heavy atom. The highest BCUT2D eigenvalue weighted by Gasteiger charge is 2.20. The zero-order valence-electron chi connectivity index (χ0n) is 14.1. The molecule has 3 aromatic rings. The maximum Gasteiger partial charge on any atom is 0.225 e. The van der Waals surface area contributed by atoms with Crippen molar-refractivity contribution in [2.75, 3.05) is 24.5 Å². The number of nitrogens with zero attached hydrogens (tertiary/aromatic N) is 3. The van der Waals surface area contributed by atoms with Crippen LogP contribution in [0.25, 0.3) is 22.0 Å². The summed E-state index contributed by atoms with van der Waals surface area (Å²) in [6, 6.07) is 13.5. The molecule has 0 spiro atoms. The Morgan fingerprint density at radius 2 is 1.80 bits per heavy atom. The third kappa shape index (κ3) is 3.28. The molecule has 25 heavy (non-hydrogen) atoms. The van der Waals surface area contributed by atoms with E-state index in [-0.39, 0.29) is 5.75 Å². The summed E-state index contributed by atoms with van der Waals surface area (Å²) in [6.07, 6.45) is 4.03. The van der Waals surface area contributed by atoms with E-state index in [1.54, 1.807) is 12.1 Å². The van der Waals surface area contributed by atoms with Gasteiger partial charge in [0.25, 0.3) is 0 Å². The smallest absolute Gasteiger partial charge is 0.225 e. The Balaban J connectivity index is 1.62. The summed E-state index contributed by atoms with van der Waals surface area (Å²) in [6.45, 7) is 2.69. The summed E-state index contributed by atoms with van der Waals surface area (Å²) in [5, 5.41) is 11.7. The predicted octanol–water partition coefficient (Wildman–Crippen LogP) is 3.18. The zero-order chi connectivity index (χ0) is 17.2. The summed E-state index contributed by atoms with van der Waals surface area (Å²) in [5.41, 5.74) is 7.75. The zero-order valence-corrected chi connectivity index (χ0v) is 14.1. The molecule has 2 heterocycles. The fraction of sp³-hybridized carbons (Fsp3) is 0.300. The highest BCUT2D eigenvalue weighted by atomic mass is 16.3. The van der Waals surface area contributed by atoms with Gasteiger partial charge in [0.05, 0.1) is 5.69 Å². The molecule has 0 radical (unpaired) electrons. The fourth-order valence-corrected chi connectivity index (χ4v) is 3.42. The van der Waals surface area contributed by atoms with E-state index >= 15 is 0 Å². The Labute approximate surface area is 147 Å². The van der Waals surface area contributed by atoms with E-state index in [9.17, 15) is 5.11 Å². The topological polar surface area (TPSA) is 75.3 Å². The molecule has 1 aromatic heterocycles. The molecule has 0 amide bonds. The number of fused-ring (bicyclic) bond motifs is 1. The van der Waals surface area contributed by atoms with Crippen LogP contribution in [0.15, 0.2) is 48.7 Å². The van der Waals surface area contributed by atoms with Crippen molar-refractivity contribution in [3.05, 3.63) is 48.7 Å². The van der Waals surface area contributed by atoms with Crippen LogP contribution >= 0.6 is 0 Å². The average molecular weight is 334 g/mol. The second kappa shape index (κ2) is 6.69. The minimum Gasteiger partial charge on any atom is -0.508 e. The molecule has 1 fully saturated rings. The SMILES string of the molecule is NCC1CCN(c2nccc(-c3ccc4cc(O)ccc4c3)n2)CC1. The second-order valence-electron chi connectivity index (χ2n) is 6.65. The third-order valence-electron chi connectivity index (χ3n) is 4.99. The number of phenolic OH excluding ortho intramolecular Hbond substituents is 1. The van der Waals surface area contributed by atoms with Crippen molar-refractivity contribution in [3.63, 3.8) is 0 Å². The number of aromatic nitrogens is 2. The molecule has 0 saturated carbocycles. The van der Waals surface area contributed by atoms with Gasteiger partial charge in [-0.15, -0.1) is 0 Å². The standard InChI is InChI=1S/C20H22N4O/c21-13-14-6-9-24(10-7-14)20-22-8-5-19(23-20)17-2-1-16-12-18(25)4-3-15(16)11-17/h1-5,8,11-12,14,25H,6-7,9-10,13,21H2. The van der Waals surface area contributed by atoms with Crippen LogP contribution in [0, 0.1) is 5.92 Å². The minimum atomic E-state index is 0.283. The lowest BCUT2D eigenvalue weighted by molar-refractivity contribution is 0.411. The summed E-state index contributed by atoms with van der Waals surface area (Å²) in [4.78, 5) is 11.5. The van der Waals surface area contributed by atoms with Gasteiger partial charge >= 0.3 is 0 Å². The maximum absolute atomic E-state index is 9.60. The average Bonchev–Trinajstić information content (AvgIpc) is 2.68. The number of hydrogen-bond donors (Lipinski definition) is 2. The molecule has 1 saturated heterocycles. The molecule has 3 N–H and O–H groups in total. The molecule has 0 unspecified atom stereocenters. The number of rotatable bonds is 3. The molecule has 1 aliphatic heterocycles. The van der Waals surface area contributed by atoms with E-state index in [0.717, 1.165) is 60.5 Å². The Kier molecular flexibility index (Phi) is 4.24. The minimum absolute atomic E-state index is 0.283. The van der Waals surface area contributed by atoms with E-state index in [2.05, 4.69) is 16.0 Å². The second-order valence-corrected chi connectivity index (χ2v) is 6.65. The first-order valence-corrected chi connectivity index (χ1v) is 8.74. The molecular weight excluding hydrogens is 312 g/mol. The van der Waals surface area contributed by atoms with Crippen LogP contribution in [0.5, 0.6) is 5.75 Å². The molecule has 5 nitrogen and oxygen atoms in total. The van der Waals surface area contributed by atoms with Gasteiger partial charge < -0.3 is 15.7 Å². The van der Waals surface area contributed by atoms with Crippen LogP contribution in [0.2, 0.25) is 0 Å². The molecule has 4 rings (SSSR count). The molecule has 2 aromatic carbocycles. The van der Waals surface area contributed by atoms with Crippen LogP contribution < -0.4 is 10.6 Å². The summed E-state index contributed by atoms with van der Waals surface area (Å²) in [7, 11) is 0. The maximum atomic E-state index is 9.60. The monoisotopic (exact) mass is 334 g/mol. The number of anilines is 1. The van der Waals surface area contributed by atoms with Gasteiger partial charge in [0.2, 0.25) is 5.95 Å². The van der Waals surface area contributed by atoms with E-state index in [0.29, 0.717) is 5.92 Å². The van der Waals surface area contributed by atoms with Crippen molar-refractivity contribution >= 4 is 16.7 Å². The highest BCUT2D eigenvalue weighted by Crippen LogP contribution is 2.27. The van der Waals surface area contributed by atoms with E-state index < -0.39 is 0 Å². The molecule has 5 heteroatoms. The fourth-order valence-electron chi connectivity index (χ4n) is 3.42. The Bertz CT molecular complexity index is 888. The largest absolute Gasteiger partial charge is 0.508 e. The first-order chi connectivity index (χ1) is 12.2. The molecule has 0 aliphatic carbocycles. The van der Waals surface area contributed by atoms with Crippen LogP contribution in [-0.2, 0) is 0 Å². The first-order valence-electron chi connectivity index (χ1n) is 8.74. The number of phenols is 1. The van der Waals surface area contributed by atoms with Crippen LogP contribution in [-0.4, -0.2) is 34.7 Å². The van der Waals surface area contributed by atoms with E-state index in [1.165, 1.54) is 0 Å². The number of benzene rings is 2. The summed E-state index contributed by atoms with van der Waals surface area (Å²) in [5.74, 6) is 1.69. The van der Waals surface area contributed by atoms with Gasteiger partial charge in [-0.05, 0) is 60.3 Å². The van der Waals surface area contributed by atoms with E-state index in [4.69, 9.17) is 10.7 Å². The van der Waals surface area contributed by atoms with Gasteiger partial charge in [0.1, 0.15) is 5.75 Å². The van der Waals surface area contributed by atoms with Crippen LogP contribution in [0.4, 0.5) is 5.95 Å². The van der Waals surface area contributed by atoms with Gasteiger partial charge in [-0.25, -0.2) is 9.97 Å². The lowest BCUT2D eigenvalue weighted by Gasteiger charge is -2.31. The third-order valence-corrected chi connectivity index (χ3v) is 4.99. The molecule has 1 aliphatic rings. The number of nitrogens with two attached hydrogens (primary N) is 1. The number of piperidine rings is 1. The highest BCUT2D eigenvalue weighted by molar-refractivity contribution is 5.87. The number of hydrogen-bond acceptors (Lipinski definition) is 5. The van der Waals surface area contributed by atoms with Crippen molar-refractivity contribution in [2.45, 2.75) is 12.8 Å². The number of aromatic hydroxyl groups is 1. The van der Waals surface area contributed by atoms with Gasteiger partial charge in [-0.1, -0.05) is 18.2 Å². The Morgan fingerprint density at radius 1 is 1.04 bits per heavy atom. The van der Waals surface area contributed by atoms with E-state index in [1.807, 2.05) is 30.5 Å². The summed E-state index contributed by atoms with van der Waals surface area (Å²) < 4.78 is 0. The molecule has 0 atom stereocenters. The van der Waals surface area contributed by atoms with Crippen LogP contribution in [0.1, 0.15) is 12.8 Å². The van der Waals surface area contributed by atoms with Gasteiger partial charge in [0.15, 0.2) is 0 Å². The lowest BCUT2D eigenvalue weighted by atomic mass is 9.97. The lowest BCUT2D eigenvalue weighted by Crippen LogP contribution is -2.37. The normalized spacial score (nSPS) is 15.6. The molecule has 0 bridgehead atoms. The predicted molar refractivity (Wildman–Crippen MR) is 101 cm³/mol. The molecular formula is C20H22N4O. The quantitative estimate of drug-likeness (QED) is 0.769. The van der Waals surface area contributed by atoms with Crippen molar-refractivity contribution in [1.82, 2.24) is 9.97 Å². The Hall–Kier alpha value is -2.66. The van der Waals surface area contributed by atoms with Crippen molar-refractivity contribution < 1.29 is 5.11 Å². The van der Waals surface area contributed by atoms with Gasteiger partial charge in [-0.2, -0.15) is 0 Å². The summed E-state index contributed by atoms with van der Waals surface area (Å²) >= 11 is 0. The van der Waals surface area contributed by atoms with Crippen molar-refractivity contribution in [3.8, 4) is 17.0 Å². The molecule has 128 valence electrons. The van der Waals surface area contributed by atoms with Gasteiger partial charge in [0, 0.05) is 24.8 Å². The first kappa shape index (κ1) is 15.8. The van der Waals surface area contributed by atoms with Crippen molar-refractivity contribution in [1.29, 1.82) is 0 Å².